The molecule has 8 heteroatoms. The average molecular weight is 453 g/mol. The zero-order chi connectivity index (χ0) is 23.9. The SMILES string of the molecule is C=C(C)C(=O)OC1(OC(=O)C(=C)C)CCC2C3CCC(C(C)OCO)(C3)C21C(C)OCO. The Balaban J connectivity index is 2.26. The summed E-state index contributed by atoms with van der Waals surface area (Å²) in [5.41, 5.74) is -1.24. The molecule has 0 heterocycles. The lowest BCUT2D eigenvalue weighted by atomic mass is 9.52. The molecule has 180 valence electrons. The van der Waals surface area contributed by atoms with Crippen molar-refractivity contribution < 1.29 is 38.7 Å². The number of aliphatic hydroxyl groups excluding tert-OH is 2. The summed E-state index contributed by atoms with van der Waals surface area (Å²) < 4.78 is 23.7. The molecule has 8 nitrogen and oxygen atoms in total. The van der Waals surface area contributed by atoms with Gasteiger partial charge in [-0.05, 0) is 65.2 Å². The fourth-order valence-electron chi connectivity index (χ4n) is 7.25. The zero-order valence-corrected chi connectivity index (χ0v) is 19.5. The number of esters is 2. The van der Waals surface area contributed by atoms with Crippen LogP contribution in [0.15, 0.2) is 24.3 Å². The number of carbonyl (C=O) groups is 2. The second-order valence-corrected chi connectivity index (χ2v) is 9.64. The van der Waals surface area contributed by atoms with Gasteiger partial charge in [-0.1, -0.05) is 13.2 Å². The number of ether oxygens (including phenoxy) is 4. The van der Waals surface area contributed by atoms with Crippen LogP contribution in [0.2, 0.25) is 0 Å². The van der Waals surface area contributed by atoms with Gasteiger partial charge in [-0.25, -0.2) is 9.59 Å². The topological polar surface area (TPSA) is 112 Å². The number of fused-ring (bicyclic) bond motifs is 5. The summed E-state index contributed by atoms with van der Waals surface area (Å²) >= 11 is 0. The minimum absolute atomic E-state index is 0.0124. The normalized spacial score (nSPS) is 33.9. The van der Waals surface area contributed by atoms with E-state index in [0.29, 0.717) is 18.8 Å². The fourth-order valence-corrected chi connectivity index (χ4v) is 7.25. The van der Waals surface area contributed by atoms with Crippen molar-refractivity contribution in [3.05, 3.63) is 24.3 Å². The van der Waals surface area contributed by atoms with Gasteiger partial charge in [0.25, 0.3) is 5.79 Å². The van der Waals surface area contributed by atoms with Gasteiger partial charge in [-0.3, -0.25) is 0 Å². The Bertz CT molecular complexity index is 763. The lowest BCUT2D eigenvalue weighted by Gasteiger charge is -2.58. The van der Waals surface area contributed by atoms with Crippen molar-refractivity contribution in [2.75, 3.05) is 13.6 Å². The molecule has 2 N–H and O–H groups in total. The third-order valence-electron chi connectivity index (χ3n) is 8.26. The standard InChI is InChI=1S/C24H36O8/c1-14(2)20(27)31-23(32-21(28)15(3)4)10-8-19-18-7-9-22(11-18,16(5)29-12-25)24(19,23)17(6)30-13-26/h16-19,25-26H,1,3,7-13H2,2,4-6H3. The van der Waals surface area contributed by atoms with Crippen LogP contribution in [0, 0.1) is 22.7 Å². The average Bonchev–Trinajstić information content (AvgIpc) is 3.38. The number of rotatable bonds is 10. The van der Waals surface area contributed by atoms with Crippen molar-refractivity contribution >= 4 is 11.9 Å². The van der Waals surface area contributed by atoms with Crippen LogP contribution in [0.4, 0.5) is 0 Å². The Kier molecular flexibility index (Phi) is 6.92. The molecule has 3 fully saturated rings. The molecule has 3 saturated carbocycles. The van der Waals surface area contributed by atoms with Crippen molar-refractivity contribution in [3.63, 3.8) is 0 Å². The van der Waals surface area contributed by atoms with E-state index in [1.54, 1.807) is 0 Å². The van der Waals surface area contributed by atoms with Crippen molar-refractivity contribution in [2.45, 2.75) is 77.8 Å². The highest BCUT2D eigenvalue weighted by molar-refractivity contribution is 5.89. The molecule has 0 aliphatic heterocycles. The first-order chi connectivity index (χ1) is 15.0. The third-order valence-corrected chi connectivity index (χ3v) is 8.26. The van der Waals surface area contributed by atoms with Crippen LogP contribution < -0.4 is 0 Å². The Morgan fingerprint density at radius 1 is 0.938 bits per heavy atom. The van der Waals surface area contributed by atoms with E-state index in [1.165, 1.54) is 13.8 Å². The fraction of sp³-hybridized carbons (Fsp3) is 0.750. The molecule has 0 saturated heterocycles. The molecule has 0 aromatic heterocycles. The Morgan fingerprint density at radius 3 is 1.97 bits per heavy atom. The lowest BCUT2D eigenvalue weighted by molar-refractivity contribution is -0.328. The van der Waals surface area contributed by atoms with Crippen LogP contribution in [0.5, 0.6) is 0 Å². The highest BCUT2D eigenvalue weighted by atomic mass is 16.7. The number of aliphatic hydroxyl groups is 2. The number of carbonyl (C=O) groups excluding carboxylic acids is 2. The van der Waals surface area contributed by atoms with Crippen LogP contribution in [-0.2, 0) is 28.5 Å². The Labute approximate surface area is 189 Å². The van der Waals surface area contributed by atoms with Crippen molar-refractivity contribution in [1.29, 1.82) is 0 Å². The van der Waals surface area contributed by atoms with Crippen molar-refractivity contribution in [2.24, 2.45) is 22.7 Å². The molecule has 3 aliphatic rings. The minimum atomic E-state index is -1.65. The maximum atomic E-state index is 12.9. The molecule has 0 aromatic rings. The molecule has 6 atom stereocenters. The Hall–Kier alpha value is -1.74. The first-order valence-electron chi connectivity index (χ1n) is 11.3. The summed E-state index contributed by atoms with van der Waals surface area (Å²) in [5.74, 6) is -2.67. The van der Waals surface area contributed by atoms with Crippen LogP contribution >= 0.6 is 0 Å². The number of hydrogen-bond acceptors (Lipinski definition) is 8. The van der Waals surface area contributed by atoms with Crippen molar-refractivity contribution in [3.8, 4) is 0 Å². The van der Waals surface area contributed by atoms with Gasteiger partial charge >= 0.3 is 11.9 Å². The van der Waals surface area contributed by atoms with E-state index in [0.717, 1.165) is 19.3 Å². The molecule has 0 aromatic carbocycles. The lowest BCUT2D eigenvalue weighted by Crippen LogP contribution is -2.67. The smallest absolute Gasteiger partial charge is 0.336 e. The van der Waals surface area contributed by atoms with Gasteiger partial charge in [0.15, 0.2) is 0 Å². The van der Waals surface area contributed by atoms with Gasteiger partial charge in [0.1, 0.15) is 13.6 Å². The summed E-state index contributed by atoms with van der Waals surface area (Å²) in [7, 11) is 0. The van der Waals surface area contributed by atoms with Crippen molar-refractivity contribution in [1.82, 2.24) is 0 Å². The van der Waals surface area contributed by atoms with E-state index >= 15 is 0 Å². The predicted octanol–water partition coefficient (Wildman–Crippen LogP) is 2.83. The first-order valence-corrected chi connectivity index (χ1v) is 11.3. The minimum Gasteiger partial charge on any atom is -0.418 e. The van der Waals surface area contributed by atoms with E-state index in [2.05, 4.69) is 13.2 Å². The zero-order valence-electron chi connectivity index (χ0n) is 19.5. The molecule has 0 amide bonds. The second-order valence-electron chi connectivity index (χ2n) is 9.64. The van der Waals surface area contributed by atoms with E-state index in [-0.39, 0.29) is 17.1 Å². The van der Waals surface area contributed by atoms with Gasteiger partial charge in [-0.15, -0.1) is 0 Å². The summed E-state index contributed by atoms with van der Waals surface area (Å²) in [4.78, 5) is 25.8. The summed E-state index contributed by atoms with van der Waals surface area (Å²) in [6.07, 6.45) is 2.32. The number of hydrogen-bond donors (Lipinski definition) is 2. The maximum Gasteiger partial charge on any atom is 0.336 e. The van der Waals surface area contributed by atoms with Gasteiger partial charge in [0.05, 0.1) is 17.6 Å². The maximum absolute atomic E-state index is 12.9. The molecule has 32 heavy (non-hydrogen) atoms. The third kappa shape index (κ3) is 3.34. The Morgan fingerprint density at radius 2 is 1.47 bits per heavy atom. The van der Waals surface area contributed by atoms with Crippen LogP contribution in [-0.4, -0.2) is 53.7 Å². The molecule has 2 bridgehead atoms. The van der Waals surface area contributed by atoms with E-state index in [1.807, 2.05) is 13.8 Å². The molecular weight excluding hydrogens is 416 g/mol. The molecule has 0 spiro atoms. The van der Waals surface area contributed by atoms with Crippen LogP contribution in [0.3, 0.4) is 0 Å². The monoisotopic (exact) mass is 452 g/mol. The molecule has 3 rings (SSSR count). The van der Waals surface area contributed by atoms with E-state index in [9.17, 15) is 19.8 Å². The largest absolute Gasteiger partial charge is 0.418 e. The van der Waals surface area contributed by atoms with Crippen LogP contribution in [0.1, 0.15) is 59.8 Å². The highest BCUT2D eigenvalue weighted by Gasteiger charge is 2.83. The molecular formula is C24H36O8. The summed E-state index contributed by atoms with van der Waals surface area (Å²) in [6.45, 7) is 13.2. The van der Waals surface area contributed by atoms with E-state index < -0.39 is 54.3 Å². The van der Waals surface area contributed by atoms with Gasteiger partial charge in [0, 0.05) is 23.0 Å². The first kappa shape index (κ1) is 24.9. The predicted molar refractivity (Wildman–Crippen MR) is 115 cm³/mol. The van der Waals surface area contributed by atoms with E-state index in [4.69, 9.17) is 18.9 Å². The molecule has 0 radical (unpaired) electrons. The highest BCUT2D eigenvalue weighted by Crippen LogP contribution is 2.79. The quantitative estimate of drug-likeness (QED) is 0.296. The van der Waals surface area contributed by atoms with Crippen LogP contribution in [0.25, 0.3) is 0 Å². The molecule has 3 aliphatic carbocycles. The van der Waals surface area contributed by atoms with Gasteiger partial charge in [-0.2, -0.15) is 0 Å². The summed E-state index contributed by atoms with van der Waals surface area (Å²) in [6, 6.07) is 0. The summed E-state index contributed by atoms with van der Waals surface area (Å²) in [5, 5.41) is 19.2. The second kappa shape index (κ2) is 8.89. The van der Waals surface area contributed by atoms with Gasteiger partial charge in [0.2, 0.25) is 0 Å². The molecule has 6 unspecified atom stereocenters. The van der Waals surface area contributed by atoms with Gasteiger partial charge < -0.3 is 29.2 Å².